The zero-order valence-corrected chi connectivity index (χ0v) is 31.7. The van der Waals surface area contributed by atoms with E-state index >= 15 is 0 Å². The molecule has 2 bridgehead atoms. The van der Waals surface area contributed by atoms with Crippen molar-refractivity contribution in [3.05, 3.63) is 137 Å². The molecule has 60 heavy (non-hydrogen) atoms. The summed E-state index contributed by atoms with van der Waals surface area (Å²) >= 11 is 0. The molecule has 6 rings (SSSR count). The molecule has 4 aromatic rings. The Hall–Kier alpha value is -6.52. The van der Waals surface area contributed by atoms with Crippen molar-refractivity contribution in [2.24, 2.45) is 5.92 Å². The van der Waals surface area contributed by atoms with Gasteiger partial charge in [0.2, 0.25) is 23.6 Å². The van der Waals surface area contributed by atoms with E-state index in [2.05, 4.69) is 21.3 Å². The van der Waals surface area contributed by atoms with Crippen LogP contribution in [0.3, 0.4) is 0 Å². The number of amides is 4. The van der Waals surface area contributed by atoms with Crippen LogP contribution in [0.1, 0.15) is 52.6 Å². The molecule has 4 aromatic carbocycles. The van der Waals surface area contributed by atoms with Gasteiger partial charge in [-0.25, -0.2) is 0 Å². The van der Waals surface area contributed by atoms with Crippen molar-refractivity contribution in [2.45, 2.75) is 75.4 Å². The van der Waals surface area contributed by atoms with Crippen LogP contribution >= 0.6 is 0 Å². The third-order valence-corrected chi connectivity index (χ3v) is 9.78. The summed E-state index contributed by atoms with van der Waals surface area (Å²) in [5.74, 6) is -6.82. The second-order valence-electron chi connectivity index (χ2n) is 14.4. The van der Waals surface area contributed by atoms with Crippen molar-refractivity contribution >= 4 is 41.1 Å². The number of hydrogen-bond donors (Lipinski definition) is 5. The van der Waals surface area contributed by atoms with Gasteiger partial charge >= 0.3 is 18.3 Å². The first kappa shape index (κ1) is 44.6. The van der Waals surface area contributed by atoms with Crippen LogP contribution in [-0.4, -0.2) is 58.6 Å². The number of rotatable bonds is 7. The fourth-order valence-corrected chi connectivity index (χ4v) is 6.59. The number of anilines is 1. The summed E-state index contributed by atoms with van der Waals surface area (Å²) in [5.41, 5.74) is -0.570. The number of halogens is 6. The van der Waals surface area contributed by atoms with E-state index in [9.17, 15) is 60.2 Å². The maximum absolute atomic E-state index is 14.2. The molecule has 0 radical (unpaired) electrons. The summed E-state index contributed by atoms with van der Waals surface area (Å²) in [4.78, 5) is 80.7. The van der Waals surface area contributed by atoms with Gasteiger partial charge in [-0.05, 0) is 65.4 Å². The predicted octanol–water partition coefficient (Wildman–Crippen LogP) is 5.84. The van der Waals surface area contributed by atoms with Crippen molar-refractivity contribution in [3.8, 4) is 0 Å². The van der Waals surface area contributed by atoms with Crippen molar-refractivity contribution < 1.29 is 60.2 Å². The van der Waals surface area contributed by atoms with Gasteiger partial charge in [0, 0.05) is 37.8 Å². The van der Waals surface area contributed by atoms with Crippen molar-refractivity contribution in [1.82, 2.24) is 16.0 Å². The van der Waals surface area contributed by atoms with Gasteiger partial charge in [0.25, 0.3) is 0 Å². The number of carbonyl (C=O) groups excluding carboxylic acids is 5. The number of carboxylic acids is 1. The Morgan fingerprint density at radius 2 is 1.10 bits per heavy atom. The number of hydrogen-bond acceptors (Lipinski definition) is 6. The van der Waals surface area contributed by atoms with Gasteiger partial charge < -0.3 is 26.4 Å². The first-order chi connectivity index (χ1) is 28.3. The molecule has 0 spiro atoms. The van der Waals surface area contributed by atoms with E-state index in [1.807, 2.05) is 0 Å². The molecule has 0 fully saturated rings. The van der Waals surface area contributed by atoms with Gasteiger partial charge in [0.15, 0.2) is 5.78 Å². The van der Waals surface area contributed by atoms with Crippen molar-refractivity contribution in [2.75, 3.05) is 5.32 Å². The Kier molecular flexibility index (Phi) is 14.5. The second-order valence-corrected chi connectivity index (χ2v) is 14.4. The number of Topliss-reactive ketones (excluding diaryl/α,β-unsaturated/α-hetero) is 1. The number of carbonyl (C=O) groups is 6. The van der Waals surface area contributed by atoms with Gasteiger partial charge in [-0.15, -0.1) is 0 Å². The van der Waals surface area contributed by atoms with Crippen LogP contribution in [0.25, 0.3) is 0 Å². The van der Waals surface area contributed by atoms with E-state index in [0.29, 0.717) is 16.8 Å². The third-order valence-electron chi connectivity index (χ3n) is 9.78. The van der Waals surface area contributed by atoms with E-state index in [1.165, 1.54) is 18.2 Å². The minimum atomic E-state index is -4.76. The highest BCUT2D eigenvalue weighted by molar-refractivity contribution is 5.97. The highest BCUT2D eigenvalue weighted by Crippen LogP contribution is 2.31. The maximum Gasteiger partial charge on any atom is 0.416 e. The minimum Gasteiger partial charge on any atom is -0.481 e. The van der Waals surface area contributed by atoms with Crippen molar-refractivity contribution in [3.63, 3.8) is 0 Å². The van der Waals surface area contributed by atoms with Crippen LogP contribution in [0.15, 0.2) is 103 Å². The second kappa shape index (κ2) is 19.5. The van der Waals surface area contributed by atoms with E-state index in [1.54, 1.807) is 42.5 Å². The molecule has 0 saturated heterocycles. The molecule has 2 aliphatic rings. The molecular weight excluding hydrogens is 798 g/mol. The van der Waals surface area contributed by atoms with E-state index in [-0.39, 0.29) is 24.0 Å². The number of fused-ring (bicyclic) bond motifs is 18. The normalized spacial score (nSPS) is 20.3. The first-order valence-electron chi connectivity index (χ1n) is 18.7. The van der Waals surface area contributed by atoms with Crippen LogP contribution in [0.4, 0.5) is 32.0 Å². The number of ketones is 1. The molecule has 5 N–H and O–H groups in total. The smallest absolute Gasteiger partial charge is 0.416 e. The van der Waals surface area contributed by atoms with Crippen LogP contribution in [0, 0.1) is 5.92 Å². The number of aliphatic carboxylic acids is 1. The largest absolute Gasteiger partial charge is 0.481 e. The number of alkyl halides is 6. The summed E-state index contributed by atoms with van der Waals surface area (Å²) in [5, 5.41) is 20.2. The fraction of sp³-hybridized carbons (Fsp3) is 0.302. The van der Waals surface area contributed by atoms with Crippen LogP contribution in [0.5, 0.6) is 0 Å². The minimum absolute atomic E-state index is 0.0396. The molecule has 316 valence electrons. The molecule has 4 atom stereocenters. The summed E-state index contributed by atoms with van der Waals surface area (Å²) in [6.45, 7) is 0. The van der Waals surface area contributed by atoms with Gasteiger partial charge in [-0.3, -0.25) is 28.8 Å². The standard InChI is InChI=1S/C43H40F6N4O7/c44-42(45,46)30-13-9-27(10-14-30)22-35-40(58)52-33(21-25-5-2-1-3-6-25)36(54)24-29(41(59)60)19-26-11-15-32(16-12-26)50-37(55)17-18-38(56)51-34(39(57)53-35)23-28-7-4-8-31(20-28)43(47,48)49/h1-16,20,29,33-35H,17-19,21-24H2,(H,50,55)(H,51,56)(H,52,58)(H,53,57)(H,59,60)/t29-,33-,34-,35+/m1/s1. The monoisotopic (exact) mass is 838 g/mol. The number of carboxylic acid groups (broad SMARTS) is 1. The maximum atomic E-state index is 14.2. The molecule has 0 aliphatic carbocycles. The van der Waals surface area contributed by atoms with Gasteiger partial charge in [-0.2, -0.15) is 26.3 Å². The topological polar surface area (TPSA) is 171 Å². The highest BCUT2D eigenvalue weighted by atomic mass is 19.4. The Bertz CT molecular complexity index is 2180. The quantitative estimate of drug-likeness (QED) is 0.115. The SMILES string of the molecule is O=C1CCC(=O)N[C@H](Cc2cccc(C(F)(F)F)c2)C(=O)N[C@@H](Cc2ccc(C(F)(F)F)cc2)C(=O)N[C@H](Cc2ccccc2)C(=O)C[C@H](C(=O)O)Cc2ccc(cc2)N1. The molecule has 0 aromatic heterocycles. The lowest BCUT2D eigenvalue weighted by Crippen LogP contribution is -2.57. The lowest BCUT2D eigenvalue weighted by molar-refractivity contribution is -0.144. The zero-order chi connectivity index (χ0) is 43.6. The molecular formula is C43H40F6N4O7. The summed E-state index contributed by atoms with van der Waals surface area (Å²) in [6.07, 6.45) is -12.1. The molecule has 17 heteroatoms. The Labute approximate surface area is 339 Å². The molecule has 2 heterocycles. The Morgan fingerprint density at radius 3 is 1.72 bits per heavy atom. The first-order valence-corrected chi connectivity index (χ1v) is 18.7. The van der Waals surface area contributed by atoms with Crippen molar-refractivity contribution in [1.29, 1.82) is 0 Å². The average molecular weight is 839 g/mol. The molecule has 0 saturated carbocycles. The van der Waals surface area contributed by atoms with Gasteiger partial charge in [0.1, 0.15) is 12.1 Å². The molecule has 4 amide bonds. The summed E-state index contributed by atoms with van der Waals surface area (Å²) < 4.78 is 81.1. The lowest BCUT2D eigenvalue weighted by atomic mass is 9.90. The number of benzene rings is 4. The zero-order valence-electron chi connectivity index (χ0n) is 31.7. The molecule has 11 nitrogen and oxygen atoms in total. The third kappa shape index (κ3) is 13.0. The van der Waals surface area contributed by atoms with E-state index in [4.69, 9.17) is 0 Å². The van der Waals surface area contributed by atoms with Gasteiger partial charge in [-0.1, -0.05) is 72.8 Å². The van der Waals surface area contributed by atoms with Crippen LogP contribution in [-0.2, 0) is 66.8 Å². The molecule has 2 aliphatic heterocycles. The Balaban J connectivity index is 1.54. The van der Waals surface area contributed by atoms with E-state index in [0.717, 1.165) is 42.5 Å². The highest BCUT2D eigenvalue weighted by Gasteiger charge is 2.35. The van der Waals surface area contributed by atoms with Crippen LogP contribution in [0.2, 0.25) is 0 Å². The number of nitrogens with one attached hydrogen (secondary N) is 4. The van der Waals surface area contributed by atoms with E-state index < -0.39 is 115 Å². The molecule has 0 unspecified atom stereocenters. The summed E-state index contributed by atoms with van der Waals surface area (Å²) in [6, 6.07) is 17.4. The van der Waals surface area contributed by atoms with Crippen LogP contribution < -0.4 is 21.3 Å². The van der Waals surface area contributed by atoms with Gasteiger partial charge in [0.05, 0.1) is 23.1 Å². The fourth-order valence-electron chi connectivity index (χ4n) is 6.59. The predicted molar refractivity (Wildman–Crippen MR) is 205 cm³/mol. The lowest BCUT2D eigenvalue weighted by Gasteiger charge is -2.26. The average Bonchev–Trinajstić information content (AvgIpc) is 3.19. The Morgan fingerprint density at radius 1 is 0.567 bits per heavy atom. The summed E-state index contributed by atoms with van der Waals surface area (Å²) in [7, 11) is 0.